The first-order chi connectivity index (χ1) is 5.66. The molecule has 0 aromatic carbocycles. The number of primary amides is 1. The van der Waals surface area contributed by atoms with Gasteiger partial charge in [-0.3, -0.25) is 10.1 Å². The Hall–Kier alpha value is -1.14. The summed E-state index contributed by atoms with van der Waals surface area (Å²) in [6, 6.07) is -0.857. The molecule has 0 radical (unpaired) electrons. The molecule has 0 aromatic heterocycles. The van der Waals surface area contributed by atoms with Gasteiger partial charge in [0.15, 0.2) is 0 Å². The number of nitrogens with one attached hydrogen (secondary N) is 2. The average Bonchev–Trinajstić information content (AvgIpc) is 1.97. The maximum atomic E-state index is 10.7. The van der Waals surface area contributed by atoms with Crippen molar-refractivity contribution in [3.8, 4) is 0 Å². The molecule has 0 atom stereocenters. The predicted molar refractivity (Wildman–Crippen MR) is 42.3 cm³/mol. The van der Waals surface area contributed by atoms with E-state index in [-0.39, 0.29) is 13.2 Å². The third-order valence-corrected chi connectivity index (χ3v) is 1.06. The summed E-state index contributed by atoms with van der Waals surface area (Å²) in [6.07, 6.45) is 0.573. The smallest absolute Gasteiger partial charge is 0.318 e. The molecule has 0 aliphatic heterocycles. The van der Waals surface area contributed by atoms with Crippen molar-refractivity contribution in [2.45, 2.75) is 6.42 Å². The standard InChI is InChI=1S/C6H13N3O3/c7-6(12)9-5(11)4-8-2-1-3-10/h8,10H,1-4H2,(H3,7,9,11,12). The minimum Gasteiger partial charge on any atom is -0.396 e. The topological polar surface area (TPSA) is 104 Å². The highest BCUT2D eigenvalue weighted by Gasteiger charge is 2.01. The third kappa shape index (κ3) is 6.97. The molecular formula is C6H13N3O3. The van der Waals surface area contributed by atoms with Crippen molar-refractivity contribution in [1.82, 2.24) is 10.6 Å². The number of aliphatic hydroxyl groups excluding tert-OH is 1. The summed E-state index contributed by atoms with van der Waals surface area (Å²) < 4.78 is 0. The van der Waals surface area contributed by atoms with E-state index in [1.54, 1.807) is 0 Å². The van der Waals surface area contributed by atoms with E-state index in [4.69, 9.17) is 5.11 Å². The van der Waals surface area contributed by atoms with Gasteiger partial charge in [0.25, 0.3) is 0 Å². The van der Waals surface area contributed by atoms with Gasteiger partial charge in [-0.2, -0.15) is 0 Å². The SMILES string of the molecule is NC(=O)NC(=O)CNCCCO. The Bertz CT molecular complexity index is 160. The molecule has 6 heteroatoms. The van der Waals surface area contributed by atoms with Gasteiger partial charge >= 0.3 is 6.03 Å². The Morgan fingerprint density at radius 1 is 1.42 bits per heavy atom. The molecule has 0 saturated carbocycles. The van der Waals surface area contributed by atoms with Gasteiger partial charge < -0.3 is 16.2 Å². The van der Waals surface area contributed by atoms with Crippen LogP contribution in [0.1, 0.15) is 6.42 Å². The fraction of sp³-hybridized carbons (Fsp3) is 0.667. The van der Waals surface area contributed by atoms with Crippen LogP contribution < -0.4 is 16.4 Å². The molecule has 0 spiro atoms. The van der Waals surface area contributed by atoms with Crippen molar-refractivity contribution in [1.29, 1.82) is 0 Å². The van der Waals surface area contributed by atoms with Gasteiger partial charge in [-0.15, -0.1) is 0 Å². The van der Waals surface area contributed by atoms with Gasteiger partial charge in [-0.25, -0.2) is 4.79 Å². The highest BCUT2D eigenvalue weighted by molar-refractivity contribution is 5.94. The summed E-state index contributed by atoms with van der Waals surface area (Å²) in [5.74, 6) is -0.472. The second kappa shape index (κ2) is 6.56. The van der Waals surface area contributed by atoms with Crippen molar-refractivity contribution < 1.29 is 14.7 Å². The van der Waals surface area contributed by atoms with Gasteiger partial charge in [0.2, 0.25) is 5.91 Å². The molecule has 0 aromatic rings. The Morgan fingerprint density at radius 3 is 2.58 bits per heavy atom. The third-order valence-electron chi connectivity index (χ3n) is 1.06. The molecule has 0 saturated heterocycles. The van der Waals surface area contributed by atoms with Crippen molar-refractivity contribution in [2.24, 2.45) is 5.73 Å². The molecule has 12 heavy (non-hydrogen) atoms. The Balaban J connectivity index is 3.26. The van der Waals surface area contributed by atoms with Crippen LogP contribution >= 0.6 is 0 Å². The first kappa shape index (κ1) is 10.9. The first-order valence-corrected chi connectivity index (χ1v) is 3.57. The quantitative estimate of drug-likeness (QED) is 0.368. The average molecular weight is 175 g/mol. The maximum absolute atomic E-state index is 10.7. The molecule has 0 bridgehead atoms. The zero-order valence-corrected chi connectivity index (χ0v) is 6.67. The van der Waals surface area contributed by atoms with Crippen LogP contribution in [0.3, 0.4) is 0 Å². The molecule has 0 fully saturated rings. The summed E-state index contributed by atoms with van der Waals surface area (Å²) in [7, 11) is 0. The molecule has 0 rings (SSSR count). The number of carbonyl (C=O) groups excluding carboxylic acids is 2. The largest absolute Gasteiger partial charge is 0.396 e. The van der Waals surface area contributed by atoms with Crippen LogP contribution in [-0.2, 0) is 4.79 Å². The highest BCUT2D eigenvalue weighted by atomic mass is 16.3. The summed E-state index contributed by atoms with van der Waals surface area (Å²) >= 11 is 0. The van der Waals surface area contributed by atoms with Crippen LogP contribution in [0.2, 0.25) is 0 Å². The van der Waals surface area contributed by atoms with Crippen molar-refractivity contribution in [3.05, 3.63) is 0 Å². The zero-order valence-electron chi connectivity index (χ0n) is 6.67. The zero-order chi connectivity index (χ0) is 9.40. The number of urea groups is 1. The molecule has 6 nitrogen and oxygen atoms in total. The normalized spacial score (nSPS) is 9.42. The summed E-state index contributed by atoms with van der Waals surface area (Å²) in [6.45, 7) is 0.635. The van der Waals surface area contributed by atoms with Gasteiger partial charge in [0.1, 0.15) is 0 Å². The fourth-order valence-electron chi connectivity index (χ4n) is 0.588. The number of nitrogens with two attached hydrogens (primary N) is 1. The maximum Gasteiger partial charge on any atom is 0.318 e. The lowest BCUT2D eigenvalue weighted by Crippen LogP contribution is -2.40. The number of imide groups is 1. The Labute approximate surface area is 70.1 Å². The molecule has 0 unspecified atom stereocenters. The van der Waals surface area contributed by atoms with E-state index in [2.05, 4.69) is 11.1 Å². The van der Waals surface area contributed by atoms with Crippen LogP contribution in [-0.4, -0.2) is 36.7 Å². The lowest BCUT2D eigenvalue weighted by Gasteiger charge is -2.01. The summed E-state index contributed by atoms with van der Waals surface area (Å²) in [5.41, 5.74) is 4.69. The van der Waals surface area contributed by atoms with Crippen LogP contribution in [0.15, 0.2) is 0 Å². The molecule has 0 aliphatic carbocycles. The number of aliphatic hydroxyl groups is 1. The monoisotopic (exact) mass is 175 g/mol. The number of hydrogen-bond acceptors (Lipinski definition) is 4. The molecule has 0 aliphatic rings. The van der Waals surface area contributed by atoms with Crippen LogP contribution in [0.4, 0.5) is 4.79 Å². The number of rotatable bonds is 5. The first-order valence-electron chi connectivity index (χ1n) is 3.57. The molecule has 0 heterocycles. The van der Waals surface area contributed by atoms with Gasteiger partial charge in [-0.1, -0.05) is 0 Å². The van der Waals surface area contributed by atoms with Gasteiger partial charge in [0, 0.05) is 6.61 Å². The Kier molecular flexibility index (Phi) is 5.94. The molecule has 5 N–H and O–H groups in total. The van der Waals surface area contributed by atoms with E-state index < -0.39 is 11.9 Å². The highest BCUT2D eigenvalue weighted by Crippen LogP contribution is 1.71. The summed E-state index contributed by atoms with van der Waals surface area (Å²) in [5, 5.41) is 13.0. The van der Waals surface area contributed by atoms with Crippen LogP contribution in [0, 0.1) is 0 Å². The van der Waals surface area contributed by atoms with Crippen molar-refractivity contribution in [2.75, 3.05) is 19.7 Å². The van der Waals surface area contributed by atoms with E-state index in [9.17, 15) is 9.59 Å². The predicted octanol–water partition coefficient (Wildman–Crippen LogP) is -1.85. The molecular weight excluding hydrogens is 162 g/mol. The van der Waals surface area contributed by atoms with E-state index >= 15 is 0 Å². The van der Waals surface area contributed by atoms with E-state index in [0.29, 0.717) is 13.0 Å². The number of hydrogen-bond donors (Lipinski definition) is 4. The van der Waals surface area contributed by atoms with E-state index in [1.807, 2.05) is 5.32 Å². The van der Waals surface area contributed by atoms with Gasteiger partial charge in [-0.05, 0) is 13.0 Å². The second-order valence-electron chi connectivity index (χ2n) is 2.17. The van der Waals surface area contributed by atoms with Gasteiger partial charge in [0.05, 0.1) is 6.54 Å². The van der Waals surface area contributed by atoms with E-state index in [1.165, 1.54) is 0 Å². The molecule has 70 valence electrons. The fourth-order valence-corrected chi connectivity index (χ4v) is 0.588. The van der Waals surface area contributed by atoms with Crippen molar-refractivity contribution in [3.63, 3.8) is 0 Å². The second-order valence-corrected chi connectivity index (χ2v) is 2.17. The number of amides is 3. The minimum atomic E-state index is -0.857. The number of carbonyl (C=O) groups is 2. The Morgan fingerprint density at radius 2 is 2.08 bits per heavy atom. The lowest BCUT2D eigenvalue weighted by atomic mass is 10.4. The minimum absolute atomic E-state index is 0.0307. The van der Waals surface area contributed by atoms with E-state index in [0.717, 1.165) is 0 Å². The lowest BCUT2D eigenvalue weighted by molar-refractivity contribution is -0.119. The summed E-state index contributed by atoms with van der Waals surface area (Å²) in [4.78, 5) is 20.8. The van der Waals surface area contributed by atoms with Crippen LogP contribution in [0.25, 0.3) is 0 Å². The molecule has 3 amide bonds. The van der Waals surface area contributed by atoms with Crippen molar-refractivity contribution >= 4 is 11.9 Å². The van der Waals surface area contributed by atoms with Crippen LogP contribution in [0.5, 0.6) is 0 Å².